The molecule has 0 saturated carbocycles. The number of nitrogens with one attached hydrogen (secondary N) is 2. The number of nitrogens with zero attached hydrogens (tertiary/aromatic N) is 2. The van der Waals surface area contributed by atoms with Crippen LogP contribution in [0.15, 0.2) is 30.3 Å². The lowest BCUT2D eigenvalue weighted by atomic mass is 9.97. The van der Waals surface area contributed by atoms with Gasteiger partial charge in [0, 0.05) is 38.0 Å². The quantitative estimate of drug-likeness (QED) is 0.777. The molecule has 1 aromatic carbocycles. The van der Waals surface area contributed by atoms with Crippen molar-refractivity contribution in [2.45, 2.75) is 58.0 Å². The van der Waals surface area contributed by atoms with Crippen molar-refractivity contribution in [1.29, 1.82) is 0 Å². The lowest BCUT2D eigenvalue weighted by Crippen LogP contribution is -2.46. The van der Waals surface area contributed by atoms with E-state index >= 15 is 0 Å². The molecule has 0 spiro atoms. The van der Waals surface area contributed by atoms with Gasteiger partial charge in [-0.1, -0.05) is 37.3 Å². The highest BCUT2D eigenvalue weighted by Gasteiger charge is 2.26. The van der Waals surface area contributed by atoms with E-state index in [0.717, 1.165) is 51.1 Å². The summed E-state index contributed by atoms with van der Waals surface area (Å²) in [6.07, 6.45) is 5.50. The van der Waals surface area contributed by atoms with Gasteiger partial charge in [0.15, 0.2) is 0 Å². The number of amides is 2. The van der Waals surface area contributed by atoms with Gasteiger partial charge in [0.05, 0.1) is 0 Å². The first-order valence-electron chi connectivity index (χ1n) is 11.7. The van der Waals surface area contributed by atoms with Gasteiger partial charge in [-0.05, 0) is 63.8 Å². The Kier molecular flexibility index (Phi) is 9.15. The summed E-state index contributed by atoms with van der Waals surface area (Å²) in [6, 6.07) is 10.6. The van der Waals surface area contributed by atoms with Gasteiger partial charge in [-0.3, -0.25) is 14.5 Å². The van der Waals surface area contributed by atoms with E-state index in [9.17, 15) is 9.59 Å². The minimum absolute atomic E-state index is 0.0455. The molecule has 2 saturated heterocycles. The van der Waals surface area contributed by atoms with Crippen molar-refractivity contribution in [1.82, 2.24) is 20.4 Å². The molecular formula is C24H38N4O2. The van der Waals surface area contributed by atoms with Crippen molar-refractivity contribution in [3.8, 4) is 0 Å². The predicted molar refractivity (Wildman–Crippen MR) is 120 cm³/mol. The molecule has 0 aromatic heterocycles. The summed E-state index contributed by atoms with van der Waals surface area (Å²) in [4.78, 5) is 30.1. The van der Waals surface area contributed by atoms with Gasteiger partial charge in [0.25, 0.3) is 0 Å². The fourth-order valence-corrected chi connectivity index (χ4v) is 4.67. The summed E-state index contributed by atoms with van der Waals surface area (Å²) in [6.45, 7) is 8.58. The van der Waals surface area contributed by atoms with Gasteiger partial charge >= 0.3 is 0 Å². The molecule has 3 rings (SSSR count). The molecule has 30 heavy (non-hydrogen) atoms. The molecule has 2 N–H and O–H groups in total. The average Bonchev–Trinajstić information content (AvgIpc) is 2.83. The number of rotatable bonds is 5. The molecular weight excluding hydrogens is 376 g/mol. The van der Waals surface area contributed by atoms with Crippen LogP contribution in [0.5, 0.6) is 0 Å². The van der Waals surface area contributed by atoms with E-state index in [1.165, 1.54) is 12.8 Å². The zero-order valence-electron chi connectivity index (χ0n) is 18.4. The second-order valence-corrected chi connectivity index (χ2v) is 8.63. The van der Waals surface area contributed by atoms with Gasteiger partial charge in [-0.25, -0.2) is 0 Å². The largest absolute Gasteiger partial charge is 0.356 e. The molecule has 2 amide bonds. The Balaban J connectivity index is 1.54. The standard InChI is InChI=1S/C24H38N4O2/c1-2-27-16-11-22(12-17-27)28-15-6-9-21(10-14-25-23(29)13-18-28)24(30)26-19-20-7-4-3-5-8-20/h3-5,7-8,21-22H,2,6,9-19H2,1H3,(H,25,29)(H,26,30). The first-order chi connectivity index (χ1) is 14.7. The Bertz CT molecular complexity index is 658. The summed E-state index contributed by atoms with van der Waals surface area (Å²) in [5, 5.41) is 6.12. The smallest absolute Gasteiger partial charge is 0.223 e. The number of likely N-dealkylation sites (tertiary alicyclic amines) is 1. The molecule has 6 heteroatoms. The average molecular weight is 415 g/mol. The summed E-state index contributed by atoms with van der Waals surface area (Å²) < 4.78 is 0. The third-order valence-electron chi connectivity index (χ3n) is 6.64. The van der Waals surface area contributed by atoms with Crippen LogP contribution in [0.2, 0.25) is 0 Å². The topological polar surface area (TPSA) is 64.7 Å². The van der Waals surface area contributed by atoms with E-state index < -0.39 is 0 Å². The van der Waals surface area contributed by atoms with Crippen LogP contribution < -0.4 is 10.6 Å². The first kappa shape index (κ1) is 22.8. The van der Waals surface area contributed by atoms with Gasteiger partial charge in [-0.15, -0.1) is 0 Å². The van der Waals surface area contributed by atoms with Crippen LogP contribution in [0.25, 0.3) is 0 Å². The lowest BCUT2D eigenvalue weighted by Gasteiger charge is -2.38. The van der Waals surface area contributed by atoms with E-state index in [2.05, 4.69) is 27.4 Å². The maximum atomic E-state index is 12.8. The maximum absolute atomic E-state index is 12.8. The first-order valence-corrected chi connectivity index (χ1v) is 11.7. The SMILES string of the molecule is CCN1CCC(N2CCCC(C(=O)NCc3ccccc3)CCNC(=O)CC2)CC1. The molecule has 2 aliphatic heterocycles. The third-order valence-corrected chi connectivity index (χ3v) is 6.64. The van der Waals surface area contributed by atoms with Crippen LogP contribution in [0, 0.1) is 5.92 Å². The summed E-state index contributed by atoms with van der Waals surface area (Å²) in [5.41, 5.74) is 1.11. The van der Waals surface area contributed by atoms with Gasteiger partial charge < -0.3 is 15.5 Å². The molecule has 2 heterocycles. The van der Waals surface area contributed by atoms with Crippen LogP contribution in [-0.2, 0) is 16.1 Å². The van der Waals surface area contributed by atoms with Crippen LogP contribution >= 0.6 is 0 Å². The highest BCUT2D eigenvalue weighted by Crippen LogP contribution is 2.20. The summed E-state index contributed by atoms with van der Waals surface area (Å²) >= 11 is 0. The Morgan fingerprint density at radius 1 is 1.07 bits per heavy atom. The van der Waals surface area contributed by atoms with Gasteiger partial charge in [0.1, 0.15) is 0 Å². The van der Waals surface area contributed by atoms with E-state index in [4.69, 9.17) is 0 Å². The highest BCUT2D eigenvalue weighted by atomic mass is 16.2. The minimum atomic E-state index is -0.0455. The van der Waals surface area contributed by atoms with Crippen molar-refractivity contribution < 1.29 is 9.59 Å². The number of carbonyl (C=O) groups is 2. The zero-order chi connectivity index (χ0) is 21.2. The van der Waals surface area contributed by atoms with Crippen molar-refractivity contribution in [2.24, 2.45) is 5.92 Å². The number of hydrogen-bond donors (Lipinski definition) is 2. The fraction of sp³-hybridized carbons (Fsp3) is 0.667. The van der Waals surface area contributed by atoms with Crippen molar-refractivity contribution in [3.05, 3.63) is 35.9 Å². The van der Waals surface area contributed by atoms with Crippen LogP contribution in [0.4, 0.5) is 0 Å². The number of piperidine rings is 1. The van der Waals surface area contributed by atoms with E-state index in [1.807, 2.05) is 30.3 Å². The molecule has 2 fully saturated rings. The van der Waals surface area contributed by atoms with Crippen molar-refractivity contribution >= 4 is 11.8 Å². The molecule has 1 atom stereocenters. The Morgan fingerprint density at radius 2 is 1.83 bits per heavy atom. The van der Waals surface area contributed by atoms with Crippen molar-refractivity contribution in [3.63, 3.8) is 0 Å². The molecule has 0 bridgehead atoms. The van der Waals surface area contributed by atoms with E-state index in [0.29, 0.717) is 32.0 Å². The second kappa shape index (κ2) is 12.1. The van der Waals surface area contributed by atoms with Crippen LogP contribution in [0.3, 0.4) is 0 Å². The van der Waals surface area contributed by atoms with Gasteiger partial charge in [0.2, 0.25) is 11.8 Å². The predicted octanol–water partition coefficient (Wildman–Crippen LogP) is 2.40. The Hall–Kier alpha value is -1.92. The molecule has 166 valence electrons. The van der Waals surface area contributed by atoms with E-state index in [-0.39, 0.29) is 17.7 Å². The molecule has 0 radical (unpaired) electrons. The maximum Gasteiger partial charge on any atom is 0.223 e. The lowest BCUT2D eigenvalue weighted by molar-refractivity contribution is -0.126. The fourth-order valence-electron chi connectivity index (χ4n) is 4.67. The number of benzene rings is 1. The number of hydrogen-bond acceptors (Lipinski definition) is 4. The summed E-state index contributed by atoms with van der Waals surface area (Å²) in [5.74, 6) is 0.169. The third kappa shape index (κ3) is 7.10. The highest BCUT2D eigenvalue weighted by molar-refractivity contribution is 5.79. The van der Waals surface area contributed by atoms with Crippen LogP contribution in [-0.4, -0.2) is 66.9 Å². The molecule has 2 aliphatic rings. The number of carbonyl (C=O) groups excluding carboxylic acids is 2. The summed E-state index contributed by atoms with van der Waals surface area (Å²) in [7, 11) is 0. The van der Waals surface area contributed by atoms with Gasteiger partial charge in [-0.2, -0.15) is 0 Å². The minimum Gasteiger partial charge on any atom is -0.356 e. The molecule has 0 aliphatic carbocycles. The monoisotopic (exact) mass is 414 g/mol. The molecule has 6 nitrogen and oxygen atoms in total. The zero-order valence-corrected chi connectivity index (χ0v) is 18.4. The molecule has 1 aromatic rings. The van der Waals surface area contributed by atoms with Crippen LogP contribution in [0.1, 0.15) is 51.0 Å². The Labute approximate surface area is 181 Å². The van der Waals surface area contributed by atoms with Crippen molar-refractivity contribution in [2.75, 3.05) is 39.3 Å². The second-order valence-electron chi connectivity index (χ2n) is 8.63. The van der Waals surface area contributed by atoms with E-state index in [1.54, 1.807) is 0 Å². The normalized spacial score (nSPS) is 23.4. The molecule has 1 unspecified atom stereocenters. The Morgan fingerprint density at radius 3 is 2.57 bits per heavy atom.